The van der Waals surface area contributed by atoms with Crippen molar-refractivity contribution in [1.29, 1.82) is 0 Å². The number of aliphatic carboxylic acids is 1. The van der Waals surface area contributed by atoms with Crippen LogP contribution in [0, 0.1) is 0 Å². The molecule has 0 radical (unpaired) electrons. The van der Waals surface area contributed by atoms with E-state index in [0.29, 0.717) is 17.4 Å². The fourth-order valence-corrected chi connectivity index (χ4v) is 10.2. The van der Waals surface area contributed by atoms with Gasteiger partial charge in [0.15, 0.2) is 12.4 Å². The molecule has 0 amide bonds. The van der Waals surface area contributed by atoms with Gasteiger partial charge in [0.25, 0.3) is 0 Å². The van der Waals surface area contributed by atoms with Gasteiger partial charge >= 0.3 is 11.9 Å². The summed E-state index contributed by atoms with van der Waals surface area (Å²) in [6.45, 7) is 4.49. The number of esters is 2. The molecule has 2 unspecified atom stereocenters. The summed E-state index contributed by atoms with van der Waals surface area (Å²) in [4.78, 5) is 37.6. The van der Waals surface area contributed by atoms with Crippen molar-refractivity contribution in [2.45, 2.75) is 296 Å². The molecule has 0 aromatic rings. The van der Waals surface area contributed by atoms with Crippen molar-refractivity contribution >= 4 is 17.9 Å². The highest BCUT2D eigenvalue weighted by molar-refractivity contribution is 5.70. The molecule has 0 aromatic carbocycles. The number of allylic oxidation sites excluding steroid dienone is 36. The van der Waals surface area contributed by atoms with Gasteiger partial charge in [0, 0.05) is 12.8 Å². The summed E-state index contributed by atoms with van der Waals surface area (Å²) in [5, 5.41) is 11.9. The van der Waals surface area contributed by atoms with Crippen LogP contribution in [0.15, 0.2) is 219 Å². The van der Waals surface area contributed by atoms with E-state index in [4.69, 9.17) is 18.9 Å². The molecule has 566 valence electrons. The Bertz CT molecular complexity index is 2470. The number of ether oxygens (including phenoxy) is 4. The normalized spacial score (nSPS) is 13.9. The first kappa shape index (κ1) is 94.6. The zero-order chi connectivity index (χ0) is 73.2. The number of carboxylic acid groups (broad SMARTS) is 1. The maximum atomic E-state index is 13.0. The maximum absolute atomic E-state index is 13.0. The quantitative estimate of drug-likeness (QED) is 0.0195. The lowest BCUT2D eigenvalue weighted by Crippen LogP contribution is -2.44. The molecule has 101 heavy (non-hydrogen) atoms. The molecule has 0 aliphatic carbocycles. The average molecular weight is 1390 g/mol. The summed E-state index contributed by atoms with van der Waals surface area (Å²) in [5.41, 5.74) is 0. The van der Waals surface area contributed by atoms with Crippen molar-refractivity contribution in [2.75, 3.05) is 47.5 Å². The van der Waals surface area contributed by atoms with E-state index in [2.05, 4.69) is 233 Å². The smallest absolute Gasteiger partial charge is 0.306 e. The monoisotopic (exact) mass is 1390 g/mol. The van der Waals surface area contributed by atoms with Gasteiger partial charge in [-0.25, -0.2) is 0 Å². The number of quaternary nitrogens is 1. The van der Waals surface area contributed by atoms with Crippen LogP contribution in [0.25, 0.3) is 0 Å². The van der Waals surface area contributed by atoms with Crippen molar-refractivity contribution in [1.82, 2.24) is 0 Å². The second-order valence-electron chi connectivity index (χ2n) is 26.9. The summed E-state index contributed by atoms with van der Waals surface area (Å²) in [7, 11) is 5.92. The Morgan fingerprint density at radius 3 is 0.792 bits per heavy atom. The largest absolute Gasteiger partial charge is 0.545 e. The molecule has 0 saturated carbocycles. The van der Waals surface area contributed by atoms with E-state index in [-0.39, 0.29) is 38.6 Å². The van der Waals surface area contributed by atoms with Gasteiger partial charge in [-0.2, -0.15) is 0 Å². The molecular formula is C92H145NO8. The number of hydrogen-bond acceptors (Lipinski definition) is 8. The predicted octanol–water partition coefficient (Wildman–Crippen LogP) is 24.7. The van der Waals surface area contributed by atoms with Gasteiger partial charge in [0.05, 0.1) is 40.3 Å². The first-order valence-corrected chi connectivity index (χ1v) is 39.9. The molecule has 0 bridgehead atoms. The number of nitrogens with zero attached hydrogens (tertiary/aromatic N) is 1. The first-order valence-electron chi connectivity index (χ1n) is 39.9. The Morgan fingerprint density at radius 2 is 0.535 bits per heavy atom. The molecule has 9 heteroatoms. The minimum atomic E-state index is -1.64. The van der Waals surface area contributed by atoms with Crippen LogP contribution in [0.5, 0.6) is 0 Å². The topological polar surface area (TPSA) is 111 Å². The highest BCUT2D eigenvalue weighted by atomic mass is 16.7. The molecule has 0 aliphatic heterocycles. The Morgan fingerprint density at radius 1 is 0.297 bits per heavy atom. The molecule has 0 heterocycles. The highest BCUT2D eigenvalue weighted by Gasteiger charge is 2.22. The molecule has 9 nitrogen and oxygen atoms in total. The van der Waals surface area contributed by atoms with Gasteiger partial charge in [0.2, 0.25) is 0 Å². The van der Waals surface area contributed by atoms with Crippen molar-refractivity contribution < 1.29 is 42.9 Å². The Kier molecular flexibility index (Phi) is 74.3. The van der Waals surface area contributed by atoms with Crippen LogP contribution in [-0.4, -0.2) is 82.3 Å². The average Bonchev–Trinajstić information content (AvgIpc) is 1.21. The molecule has 2 atom stereocenters. The second-order valence-corrected chi connectivity index (χ2v) is 26.9. The predicted molar refractivity (Wildman–Crippen MR) is 434 cm³/mol. The molecule has 0 saturated heterocycles. The van der Waals surface area contributed by atoms with Crippen LogP contribution in [0.4, 0.5) is 0 Å². The maximum Gasteiger partial charge on any atom is 0.306 e. The molecule has 0 aromatic heterocycles. The van der Waals surface area contributed by atoms with Crippen molar-refractivity contribution in [3.63, 3.8) is 0 Å². The number of carbonyl (C=O) groups is 3. The van der Waals surface area contributed by atoms with E-state index in [1.54, 1.807) is 0 Å². The van der Waals surface area contributed by atoms with Crippen molar-refractivity contribution in [3.8, 4) is 0 Å². The lowest BCUT2D eigenvalue weighted by molar-refractivity contribution is -0.870. The number of carbonyl (C=O) groups excluding carboxylic acids is 3. The molecule has 0 aliphatic rings. The van der Waals surface area contributed by atoms with E-state index in [0.717, 1.165) is 167 Å². The van der Waals surface area contributed by atoms with Crippen LogP contribution in [-0.2, 0) is 33.3 Å². The number of unbranched alkanes of at least 4 members (excludes halogenated alkanes) is 20. The lowest BCUT2D eigenvalue weighted by Gasteiger charge is -2.26. The molecule has 0 N–H and O–H groups in total. The van der Waals surface area contributed by atoms with Crippen molar-refractivity contribution in [3.05, 3.63) is 219 Å². The number of hydrogen-bond donors (Lipinski definition) is 0. The van der Waals surface area contributed by atoms with E-state index < -0.39 is 24.3 Å². The van der Waals surface area contributed by atoms with E-state index >= 15 is 0 Å². The first-order chi connectivity index (χ1) is 49.6. The number of rotatable bonds is 71. The molecular weight excluding hydrogens is 1250 g/mol. The van der Waals surface area contributed by atoms with Crippen LogP contribution in [0.3, 0.4) is 0 Å². The summed E-state index contributed by atoms with van der Waals surface area (Å²) in [5.74, 6) is -2.31. The second kappa shape index (κ2) is 79.3. The van der Waals surface area contributed by atoms with Gasteiger partial charge < -0.3 is 33.3 Å². The third kappa shape index (κ3) is 80.8. The molecule has 0 spiro atoms. The lowest BCUT2D eigenvalue weighted by atomic mass is 10.0. The van der Waals surface area contributed by atoms with Crippen molar-refractivity contribution in [2.24, 2.45) is 0 Å². The summed E-state index contributed by atoms with van der Waals surface area (Å²) in [6.07, 6.45) is 122. The van der Waals surface area contributed by atoms with Crippen LogP contribution < -0.4 is 5.11 Å². The SMILES string of the molecule is CC/C=C\C/C=C\C/C=C\C/C=C\C/C=C\C/C=C\C/C=C\C/C=C\C/C=C\C/C=C\CCCCCCCCCCC(=O)OC(COC(=O)CCCCCCCCCCCCCC/C=C\C/C=C\C/C=C\C/C=C\C/C=C\C/C=C\C/C=C\C/C=C\CC)COC(OCC[N+](C)(C)C)C(=O)[O-]. The zero-order valence-electron chi connectivity index (χ0n) is 64.7. The fraction of sp³-hybridized carbons (Fsp3) is 0.576. The number of carboxylic acids is 1. The molecule has 0 fully saturated rings. The summed E-state index contributed by atoms with van der Waals surface area (Å²) >= 11 is 0. The van der Waals surface area contributed by atoms with Gasteiger partial charge in [-0.1, -0.05) is 335 Å². The number of likely N-dealkylation sites (N-methyl/N-ethyl adjacent to an activating group) is 1. The van der Waals surface area contributed by atoms with Crippen LogP contribution in [0.1, 0.15) is 284 Å². The zero-order valence-corrected chi connectivity index (χ0v) is 64.7. The van der Waals surface area contributed by atoms with E-state index in [9.17, 15) is 19.5 Å². The molecule has 0 rings (SSSR count). The minimum absolute atomic E-state index is 0.135. The Hall–Kier alpha value is -6.39. The minimum Gasteiger partial charge on any atom is -0.545 e. The van der Waals surface area contributed by atoms with Gasteiger partial charge in [-0.05, 0) is 154 Å². The van der Waals surface area contributed by atoms with Gasteiger partial charge in [0.1, 0.15) is 13.2 Å². The summed E-state index contributed by atoms with van der Waals surface area (Å²) < 4.78 is 22.8. The Balaban J connectivity index is 4.16. The fourth-order valence-electron chi connectivity index (χ4n) is 10.2. The third-order valence-corrected chi connectivity index (χ3v) is 16.2. The van der Waals surface area contributed by atoms with Crippen LogP contribution >= 0.6 is 0 Å². The Labute approximate surface area is 619 Å². The standard InChI is InChI=1S/C92H145NO8/c1-6-8-10-12-14-16-18-20-22-24-26-28-30-32-34-36-38-40-42-44-45-47-49-51-53-55-57-59-61-63-65-67-69-71-73-75-77-79-81-83-90(95)101-88(87-100-92(91(96)97)98-85-84-93(3,4)5)86-99-89(94)82-80-78-76-74-72-70-68-66-64-62-60-58-56-54-52-50-48-46-43-41-39-37-35-33-31-29-27-25-23-21-19-17-15-13-11-9-7-2/h8-11,14-17,20-23,26-29,32-35,38-41,44-46,48-49,51-52,54-55,57,61,63,88,92H,6-7,12-13,18-19,24-25,30-31,36-37,42-43,47,50,53,56,58-60,62,64-87H2,1-5H3/b10-8-,11-9-,16-14-,17-15-,22-20-,23-21-,28-26-,29-27-,34-32-,35-33-,40-38-,41-39-,45-44-,48-46-,51-49-,54-52-,57-55-,63-61-. The van der Waals surface area contributed by atoms with Crippen LogP contribution in [0.2, 0.25) is 0 Å². The van der Waals surface area contributed by atoms with E-state index in [1.807, 2.05) is 21.1 Å². The third-order valence-electron chi connectivity index (χ3n) is 16.2. The van der Waals surface area contributed by atoms with E-state index in [1.165, 1.54) is 83.5 Å². The van der Waals surface area contributed by atoms with Gasteiger partial charge in [-0.3, -0.25) is 9.59 Å². The summed E-state index contributed by atoms with van der Waals surface area (Å²) in [6, 6.07) is 0. The highest BCUT2D eigenvalue weighted by Crippen LogP contribution is 2.16. The van der Waals surface area contributed by atoms with Gasteiger partial charge in [-0.15, -0.1) is 0 Å².